The number of methoxy groups -OCH3 is 2. The van der Waals surface area contributed by atoms with Crippen molar-refractivity contribution >= 4 is 16.0 Å². The van der Waals surface area contributed by atoms with Crippen LogP contribution in [0.2, 0.25) is 0 Å². The zero-order valence-electron chi connectivity index (χ0n) is 18.6. The molecule has 1 aromatic carbocycles. The number of benzene rings is 1. The normalized spacial score (nSPS) is 12.4. The highest BCUT2D eigenvalue weighted by Crippen LogP contribution is 2.37. The summed E-state index contributed by atoms with van der Waals surface area (Å²) in [6.45, 7) is 1.52. The van der Waals surface area contributed by atoms with Crippen molar-refractivity contribution < 1.29 is 26.7 Å². The van der Waals surface area contributed by atoms with Gasteiger partial charge in [0.15, 0.2) is 5.76 Å². The highest BCUT2D eigenvalue weighted by molar-refractivity contribution is 7.93. The molecule has 0 spiro atoms. The van der Waals surface area contributed by atoms with E-state index in [4.69, 9.17) is 13.9 Å². The number of pyridine rings is 1. The van der Waals surface area contributed by atoms with Crippen molar-refractivity contribution in [2.45, 2.75) is 18.6 Å². The molecule has 0 fully saturated rings. The van der Waals surface area contributed by atoms with Crippen LogP contribution in [0.1, 0.15) is 12.6 Å². The van der Waals surface area contributed by atoms with Crippen molar-refractivity contribution in [1.29, 1.82) is 0 Å². The molecule has 178 valence electrons. The quantitative estimate of drug-likeness (QED) is 0.381. The third-order valence-electron chi connectivity index (χ3n) is 5.08. The zero-order chi connectivity index (χ0) is 24.3. The molecule has 34 heavy (non-hydrogen) atoms. The molecule has 4 aromatic rings. The molecule has 0 saturated carbocycles. The van der Waals surface area contributed by atoms with Gasteiger partial charge in [-0.3, -0.25) is 14.3 Å². The number of furan rings is 1. The molecule has 1 atom stereocenters. The molecule has 0 amide bonds. The van der Waals surface area contributed by atoms with Crippen LogP contribution >= 0.6 is 0 Å². The van der Waals surface area contributed by atoms with Crippen LogP contribution in [0, 0.1) is 5.82 Å². The predicted octanol–water partition coefficient (Wildman–Crippen LogP) is 3.45. The number of hydrogen-bond donors (Lipinski definition) is 1. The fraction of sp³-hybridized carbons (Fsp3) is 0.227. The van der Waals surface area contributed by atoms with Crippen LogP contribution in [0.4, 0.5) is 10.3 Å². The van der Waals surface area contributed by atoms with Crippen LogP contribution in [0.25, 0.3) is 17.3 Å². The highest BCUT2D eigenvalue weighted by Gasteiger charge is 2.28. The summed E-state index contributed by atoms with van der Waals surface area (Å²) in [5, 5.41) is 7.31. The molecule has 3 aromatic heterocycles. The first-order valence-corrected chi connectivity index (χ1v) is 11.7. The molecule has 0 saturated heterocycles. The number of anilines is 1. The zero-order valence-corrected chi connectivity index (χ0v) is 19.4. The number of aromatic nitrogens is 4. The minimum Gasteiger partial charge on any atom is -0.494 e. The first-order valence-electron chi connectivity index (χ1n) is 10.2. The fourth-order valence-electron chi connectivity index (χ4n) is 3.34. The van der Waals surface area contributed by atoms with Gasteiger partial charge in [0.2, 0.25) is 21.8 Å². The van der Waals surface area contributed by atoms with Crippen LogP contribution in [0.5, 0.6) is 11.5 Å². The molecule has 4 rings (SSSR count). The number of nitrogens with one attached hydrogen (secondary N) is 1. The Labute approximate surface area is 195 Å². The fourth-order valence-corrected chi connectivity index (χ4v) is 4.32. The first-order chi connectivity index (χ1) is 16.3. The van der Waals surface area contributed by atoms with Crippen LogP contribution in [0.15, 0.2) is 59.3 Å². The lowest BCUT2D eigenvalue weighted by Crippen LogP contribution is -2.29. The van der Waals surface area contributed by atoms with Gasteiger partial charge in [-0.1, -0.05) is 6.07 Å². The number of para-hydroxylation sites is 1. The lowest BCUT2D eigenvalue weighted by atomic mass is 10.2. The van der Waals surface area contributed by atoms with E-state index in [2.05, 4.69) is 19.9 Å². The van der Waals surface area contributed by atoms with Gasteiger partial charge in [-0.2, -0.15) is 0 Å². The van der Waals surface area contributed by atoms with Crippen molar-refractivity contribution in [2.24, 2.45) is 0 Å². The van der Waals surface area contributed by atoms with Crippen molar-refractivity contribution in [3.63, 3.8) is 0 Å². The number of ether oxygens (including phenoxy) is 2. The van der Waals surface area contributed by atoms with Crippen molar-refractivity contribution in [3.05, 3.63) is 66.4 Å². The van der Waals surface area contributed by atoms with E-state index in [0.29, 0.717) is 28.6 Å². The van der Waals surface area contributed by atoms with Crippen LogP contribution in [-0.4, -0.2) is 47.6 Å². The summed E-state index contributed by atoms with van der Waals surface area (Å²) in [6.07, 6.45) is 2.57. The maximum absolute atomic E-state index is 13.2. The Hall–Kier alpha value is -3.93. The summed E-state index contributed by atoms with van der Waals surface area (Å²) in [5.41, 5.74) is 0.817. The Morgan fingerprint density at radius 3 is 2.41 bits per heavy atom. The topological polar surface area (TPSA) is 121 Å². The lowest BCUT2D eigenvalue weighted by molar-refractivity contribution is 0.391. The second kappa shape index (κ2) is 9.51. The van der Waals surface area contributed by atoms with E-state index in [1.807, 2.05) is 0 Å². The Bertz CT molecular complexity index is 1350. The van der Waals surface area contributed by atoms with E-state index in [9.17, 15) is 12.8 Å². The molecule has 0 radical (unpaired) electrons. The monoisotopic (exact) mass is 487 g/mol. The predicted molar refractivity (Wildman–Crippen MR) is 122 cm³/mol. The summed E-state index contributed by atoms with van der Waals surface area (Å²) in [7, 11) is -1.00. The number of hydrogen-bond acceptors (Lipinski definition) is 8. The molecular weight excluding hydrogens is 465 g/mol. The largest absolute Gasteiger partial charge is 0.494 e. The molecule has 12 heteroatoms. The van der Waals surface area contributed by atoms with Gasteiger partial charge < -0.3 is 13.9 Å². The second-order valence-corrected chi connectivity index (χ2v) is 9.40. The SMILES string of the molecule is COc1cccc(OC)c1-n1c(NS(=O)(=O)[C@H](C)Cc2ccc(F)cn2)nnc1-c1ccco1. The minimum absolute atomic E-state index is 0.0623. The Balaban J connectivity index is 1.77. The van der Waals surface area contributed by atoms with E-state index in [0.717, 1.165) is 6.20 Å². The summed E-state index contributed by atoms with van der Waals surface area (Å²) < 4.78 is 60.0. The average Bonchev–Trinajstić information content (AvgIpc) is 3.49. The number of rotatable bonds is 9. The maximum atomic E-state index is 13.2. The average molecular weight is 488 g/mol. The summed E-state index contributed by atoms with van der Waals surface area (Å²) in [5.74, 6) is 0.801. The number of halogens is 1. The molecule has 3 heterocycles. The number of sulfonamides is 1. The summed E-state index contributed by atoms with van der Waals surface area (Å²) >= 11 is 0. The smallest absolute Gasteiger partial charge is 0.243 e. The first kappa shape index (κ1) is 23.2. The molecule has 1 N–H and O–H groups in total. The van der Waals surface area contributed by atoms with Gasteiger partial charge in [0.25, 0.3) is 0 Å². The molecule has 0 bridgehead atoms. The van der Waals surface area contributed by atoms with Gasteiger partial charge in [-0.15, -0.1) is 10.2 Å². The Morgan fingerprint density at radius 1 is 1.09 bits per heavy atom. The van der Waals surface area contributed by atoms with Gasteiger partial charge in [-0.25, -0.2) is 12.8 Å². The second-order valence-electron chi connectivity index (χ2n) is 7.30. The molecule has 0 aliphatic carbocycles. The summed E-state index contributed by atoms with van der Waals surface area (Å²) in [4.78, 5) is 3.94. The third kappa shape index (κ3) is 4.57. The van der Waals surface area contributed by atoms with Crippen LogP contribution < -0.4 is 14.2 Å². The van der Waals surface area contributed by atoms with E-state index in [1.54, 1.807) is 30.3 Å². The summed E-state index contributed by atoms with van der Waals surface area (Å²) in [6, 6.07) is 11.2. The highest BCUT2D eigenvalue weighted by atomic mass is 32.2. The Kier molecular flexibility index (Phi) is 6.50. The standard InChI is InChI=1S/C22H22FN5O5S/c1-14(12-16-10-9-15(23)13-24-16)34(29,30)27-22-26-25-21(19-8-5-11-33-19)28(22)20-17(31-2)6-4-7-18(20)32-3/h4-11,13-14H,12H2,1-3H3,(H,26,27)/t14-/m1/s1. The molecule has 0 aliphatic heterocycles. The van der Waals surface area contributed by atoms with Gasteiger partial charge in [0.1, 0.15) is 23.0 Å². The van der Waals surface area contributed by atoms with Crippen LogP contribution in [-0.2, 0) is 16.4 Å². The van der Waals surface area contributed by atoms with Gasteiger partial charge in [-0.05, 0) is 43.3 Å². The molecule has 0 unspecified atom stereocenters. The molecular formula is C22H22FN5O5S. The van der Waals surface area contributed by atoms with E-state index in [-0.39, 0.29) is 18.2 Å². The van der Waals surface area contributed by atoms with Crippen molar-refractivity contribution in [3.8, 4) is 28.8 Å². The van der Waals surface area contributed by atoms with Gasteiger partial charge >= 0.3 is 0 Å². The van der Waals surface area contributed by atoms with Crippen LogP contribution in [0.3, 0.4) is 0 Å². The van der Waals surface area contributed by atoms with Crippen molar-refractivity contribution in [2.75, 3.05) is 18.9 Å². The molecule has 10 nitrogen and oxygen atoms in total. The van der Waals surface area contributed by atoms with E-state index < -0.39 is 21.1 Å². The number of nitrogens with zero attached hydrogens (tertiary/aromatic N) is 4. The lowest BCUT2D eigenvalue weighted by Gasteiger charge is -2.18. The molecule has 0 aliphatic rings. The maximum Gasteiger partial charge on any atom is 0.243 e. The van der Waals surface area contributed by atoms with Crippen molar-refractivity contribution in [1.82, 2.24) is 19.7 Å². The van der Waals surface area contributed by atoms with Gasteiger partial charge in [0.05, 0.1) is 31.9 Å². The van der Waals surface area contributed by atoms with E-state index in [1.165, 1.54) is 44.1 Å². The third-order valence-corrected chi connectivity index (χ3v) is 6.77. The minimum atomic E-state index is -3.97. The Morgan fingerprint density at radius 2 is 1.82 bits per heavy atom. The van der Waals surface area contributed by atoms with Gasteiger partial charge in [0, 0.05) is 12.1 Å². The van der Waals surface area contributed by atoms with E-state index >= 15 is 0 Å².